The number of allylic oxidation sites excluding steroid dienone is 24. The van der Waals surface area contributed by atoms with Gasteiger partial charge in [0.15, 0.2) is 12.2 Å². The highest BCUT2D eigenvalue weighted by Gasteiger charge is 2.30. The van der Waals surface area contributed by atoms with E-state index in [9.17, 15) is 43.2 Å². The molecule has 0 aliphatic rings. The molecule has 3 N–H and O–H groups in total. The molecule has 606 valence electrons. The Morgan fingerprint density at radius 2 is 0.509 bits per heavy atom. The van der Waals surface area contributed by atoms with Crippen molar-refractivity contribution in [1.29, 1.82) is 0 Å². The van der Waals surface area contributed by atoms with Gasteiger partial charge in [-0.2, -0.15) is 0 Å². The third kappa shape index (κ3) is 77.1. The predicted molar refractivity (Wildman–Crippen MR) is 436 cm³/mol. The van der Waals surface area contributed by atoms with E-state index in [1.54, 1.807) is 0 Å². The highest BCUT2D eigenvalue weighted by molar-refractivity contribution is 7.47. The molecule has 0 heterocycles. The summed E-state index contributed by atoms with van der Waals surface area (Å²) in [5, 5.41) is 10.7. The van der Waals surface area contributed by atoms with Crippen LogP contribution in [0.25, 0.3) is 0 Å². The standard InChI is InChI=1S/C87H146O17P2/c1-5-9-13-17-21-25-29-33-37-39-40-42-46-48-52-56-60-64-68-72-85(90)98-78-83(104-87(92)74-70-66-62-58-54-50-44-36-32-28-24-20-16-12-8-4)80-102-106(95,96)100-76-81(88)75-99-105(93,94)101-79-82(103-86(91)73-69-65-61-57-53-49-43-35-31-27-23-19-15-11-7-3)77-97-84(89)71-67-63-59-55-51-47-45-41-38-34-30-26-22-18-14-10-6-2/h9-10,13-14,21-22,25-26,33-38,40,42-45,47-48,52,60,64,81-83,88H,5-8,11-12,15-20,23-24,27-32,39,41,46,49-51,53-59,61-63,65-80H2,1-4H3,(H,93,94)(H,95,96)/b13-9-,14-10-,25-21-,26-22-,37-33-,38-34-,42-40-,43-35-,44-36-,47-45-,52-48-,64-60-. The minimum Gasteiger partial charge on any atom is -0.462 e. The van der Waals surface area contributed by atoms with Crippen LogP contribution in [0, 0.1) is 0 Å². The number of ether oxygens (including phenoxy) is 4. The summed E-state index contributed by atoms with van der Waals surface area (Å²) in [4.78, 5) is 73.1. The van der Waals surface area contributed by atoms with Crippen molar-refractivity contribution >= 4 is 39.5 Å². The van der Waals surface area contributed by atoms with Crippen LogP contribution >= 0.6 is 15.6 Å². The van der Waals surface area contributed by atoms with Crippen molar-refractivity contribution in [2.75, 3.05) is 39.6 Å². The minimum absolute atomic E-state index is 0.0311. The summed E-state index contributed by atoms with van der Waals surface area (Å²) in [6.45, 7) is 4.52. The van der Waals surface area contributed by atoms with E-state index >= 15 is 0 Å². The number of phosphoric ester groups is 2. The normalized spacial score (nSPS) is 14.6. The van der Waals surface area contributed by atoms with E-state index in [0.717, 1.165) is 161 Å². The van der Waals surface area contributed by atoms with Crippen LogP contribution in [0.2, 0.25) is 0 Å². The third-order valence-corrected chi connectivity index (χ3v) is 18.7. The number of unbranched alkanes of at least 4 members (excludes halogenated alkanes) is 26. The molecule has 0 rings (SSSR count). The van der Waals surface area contributed by atoms with Gasteiger partial charge in [-0.05, 0) is 154 Å². The Bertz CT molecular complexity index is 2580. The van der Waals surface area contributed by atoms with Crippen molar-refractivity contribution in [3.63, 3.8) is 0 Å². The molecule has 0 amide bonds. The van der Waals surface area contributed by atoms with Gasteiger partial charge >= 0.3 is 39.5 Å². The number of esters is 4. The number of phosphoric acid groups is 2. The summed E-state index contributed by atoms with van der Waals surface area (Å²) in [5.41, 5.74) is 0. The number of aliphatic hydroxyl groups is 1. The molecule has 0 radical (unpaired) electrons. The van der Waals surface area contributed by atoms with E-state index in [1.807, 2.05) is 18.2 Å². The summed E-state index contributed by atoms with van der Waals surface area (Å²) in [7, 11) is -10.00. The van der Waals surface area contributed by atoms with Crippen molar-refractivity contribution in [3.8, 4) is 0 Å². The Kier molecular flexibility index (Phi) is 74.3. The Labute approximate surface area is 643 Å². The number of carbonyl (C=O) groups excluding carboxylic acids is 4. The van der Waals surface area contributed by atoms with Crippen molar-refractivity contribution in [3.05, 3.63) is 146 Å². The van der Waals surface area contributed by atoms with Gasteiger partial charge in [-0.15, -0.1) is 0 Å². The summed E-state index contributed by atoms with van der Waals surface area (Å²) in [6, 6.07) is 0. The first-order valence-electron chi connectivity index (χ1n) is 41.1. The van der Waals surface area contributed by atoms with E-state index in [0.29, 0.717) is 32.1 Å². The average Bonchev–Trinajstić information content (AvgIpc) is 0.909. The Morgan fingerprint density at radius 1 is 0.274 bits per heavy atom. The lowest BCUT2D eigenvalue weighted by atomic mass is 10.1. The van der Waals surface area contributed by atoms with Gasteiger partial charge in [0.2, 0.25) is 0 Å². The molecule has 0 saturated carbocycles. The second kappa shape index (κ2) is 78.1. The van der Waals surface area contributed by atoms with Gasteiger partial charge in [0, 0.05) is 25.7 Å². The van der Waals surface area contributed by atoms with Gasteiger partial charge < -0.3 is 33.8 Å². The molecule has 0 aromatic carbocycles. The predicted octanol–water partition coefficient (Wildman–Crippen LogP) is 24.2. The molecular weight excluding hydrogens is 1380 g/mol. The molecule has 0 bridgehead atoms. The van der Waals surface area contributed by atoms with Crippen LogP contribution < -0.4 is 0 Å². The lowest BCUT2D eigenvalue weighted by Gasteiger charge is -2.21. The van der Waals surface area contributed by atoms with Gasteiger partial charge in [-0.25, -0.2) is 9.13 Å². The molecule has 17 nitrogen and oxygen atoms in total. The van der Waals surface area contributed by atoms with Gasteiger partial charge in [-0.3, -0.25) is 37.3 Å². The number of carbonyl (C=O) groups is 4. The second-order valence-electron chi connectivity index (χ2n) is 26.9. The fraction of sp³-hybridized carbons (Fsp3) is 0.678. The highest BCUT2D eigenvalue weighted by Crippen LogP contribution is 2.45. The molecule has 106 heavy (non-hydrogen) atoms. The molecule has 0 saturated heterocycles. The Hall–Kier alpha value is -5.06. The first kappa shape index (κ1) is 101. The summed E-state index contributed by atoms with van der Waals surface area (Å²) >= 11 is 0. The van der Waals surface area contributed by atoms with Crippen LogP contribution in [0.3, 0.4) is 0 Å². The summed E-state index contributed by atoms with van der Waals surface area (Å²) < 4.78 is 68.6. The maximum Gasteiger partial charge on any atom is 0.472 e. The van der Waals surface area contributed by atoms with Gasteiger partial charge in [0.25, 0.3) is 0 Å². The number of rotatable bonds is 76. The molecule has 0 aromatic heterocycles. The molecule has 19 heteroatoms. The van der Waals surface area contributed by atoms with Gasteiger partial charge in [0.1, 0.15) is 19.3 Å². The molecule has 0 fully saturated rings. The van der Waals surface area contributed by atoms with Crippen LogP contribution in [0.5, 0.6) is 0 Å². The fourth-order valence-corrected chi connectivity index (χ4v) is 12.2. The lowest BCUT2D eigenvalue weighted by molar-refractivity contribution is -0.161. The number of hydrogen-bond donors (Lipinski definition) is 3. The van der Waals surface area contributed by atoms with Crippen molar-refractivity contribution in [2.24, 2.45) is 0 Å². The van der Waals surface area contributed by atoms with Crippen LogP contribution in [-0.4, -0.2) is 96.7 Å². The molecule has 0 spiro atoms. The largest absolute Gasteiger partial charge is 0.472 e. The molecule has 0 aliphatic heterocycles. The molecule has 5 unspecified atom stereocenters. The van der Waals surface area contributed by atoms with Gasteiger partial charge in [0.05, 0.1) is 26.4 Å². The van der Waals surface area contributed by atoms with Crippen molar-refractivity contribution < 1.29 is 80.2 Å². The number of aliphatic hydroxyl groups excluding tert-OH is 1. The second-order valence-corrected chi connectivity index (χ2v) is 29.8. The van der Waals surface area contributed by atoms with Crippen molar-refractivity contribution in [1.82, 2.24) is 0 Å². The average molecular weight is 1530 g/mol. The lowest BCUT2D eigenvalue weighted by Crippen LogP contribution is -2.30. The van der Waals surface area contributed by atoms with E-state index in [4.69, 9.17) is 37.0 Å². The Morgan fingerprint density at radius 3 is 0.821 bits per heavy atom. The van der Waals surface area contributed by atoms with Crippen LogP contribution in [0.4, 0.5) is 0 Å². The molecule has 0 aromatic rings. The summed E-state index contributed by atoms with van der Waals surface area (Å²) in [5.74, 6) is -2.32. The van der Waals surface area contributed by atoms with Crippen LogP contribution in [0.15, 0.2) is 146 Å². The summed E-state index contributed by atoms with van der Waals surface area (Å²) in [6.07, 6.45) is 89.8. The fourth-order valence-electron chi connectivity index (χ4n) is 10.6. The molecule has 5 atom stereocenters. The Balaban J connectivity index is 5.46. The SMILES string of the molecule is CC/C=C\C/C=C\C/C=C\C/C=C\C/C=C\C/C=C\CCC(=O)OCC(COP(=O)(O)OCC(O)COP(=O)(O)OCC(COC(=O)CCCCCC/C=C\C/C=C\C/C=C\C/C=C\CC)OC(=O)CCCCCCC/C=C\CCCCCCCC)OC(=O)CCCCCCC/C=C\CCCCCCCC. The van der Waals surface area contributed by atoms with Crippen LogP contribution in [0.1, 0.15) is 323 Å². The third-order valence-electron chi connectivity index (χ3n) is 16.8. The zero-order valence-corrected chi connectivity index (χ0v) is 68.1. The monoisotopic (exact) mass is 1530 g/mol. The smallest absolute Gasteiger partial charge is 0.462 e. The van der Waals surface area contributed by atoms with E-state index in [1.165, 1.54) is 77.0 Å². The quantitative estimate of drug-likeness (QED) is 0.0169. The molecular formula is C87H146O17P2. The number of hydrogen-bond acceptors (Lipinski definition) is 15. The zero-order chi connectivity index (χ0) is 77.4. The first-order valence-corrected chi connectivity index (χ1v) is 44.1. The van der Waals surface area contributed by atoms with E-state index in [-0.39, 0.29) is 25.7 Å². The van der Waals surface area contributed by atoms with Crippen LogP contribution in [-0.2, 0) is 65.4 Å². The van der Waals surface area contributed by atoms with E-state index in [2.05, 4.69) is 155 Å². The van der Waals surface area contributed by atoms with Gasteiger partial charge in [-0.1, -0.05) is 289 Å². The zero-order valence-electron chi connectivity index (χ0n) is 66.3. The first-order chi connectivity index (χ1) is 51.7. The van der Waals surface area contributed by atoms with Crippen molar-refractivity contribution in [2.45, 2.75) is 341 Å². The maximum absolute atomic E-state index is 13.1. The highest BCUT2D eigenvalue weighted by atomic mass is 31.2. The van der Waals surface area contributed by atoms with E-state index < -0.39 is 97.5 Å². The minimum atomic E-state index is -5.00. The maximum atomic E-state index is 13.1. The molecule has 0 aliphatic carbocycles. The topological polar surface area (TPSA) is 237 Å².